The molecule has 4 N–H and O–H groups in total. The normalized spacial score (nSPS) is 5.33. The zero-order valence-electron chi connectivity index (χ0n) is 3.61. The maximum atomic E-state index is 8.74. The summed E-state index contributed by atoms with van der Waals surface area (Å²) >= 11 is 0. The van der Waals surface area contributed by atoms with E-state index in [4.69, 9.17) is 28.1 Å². The molecule has 0 saturated carbocycles. The summed E-state index contributed by atoms with van der Waals surface area (Å²) < 4.78 is 17.5. The minimum absolute atomic E-state index is 0. The summed E-state index contributed by atoms with van der Waals surface area (Å²) in [5.74, 6) is 0. The Labute approximate surface area is 83.6 Å². The molecule has 0 aliphatic carbocycles. The Morgan fingerprint density at radius 1 is 0.778 bits per heavy atom. The number of rotatable bonds is 0. The van der Waals surface area contributed by atoms with Crippen LogP contribution in [0.15, 0.2) is 0 Å². The molecule has 0 atom stereocenters. The molecule has 0 saturated heterocycles. The van der Waals surface area contributed by atoms with Crippen molar-refractivity contribution in [3.05, 3.63) is 0 Å². The van der Waals surface area contributed by atoms with Gasteiger partial charge < -0.3 is 19.2 Å². The molecule has 6 nitrogen and oxygen atoms in total. The molecule has 9 heavy (non-hydrogen) atoms. The van der Waals surface area contributed by atoms with Crippen LogP contribution in [0, 0.1) is 0 Å². The van der Waals surface area contributed by atoms with Gasteiger partial charge in [-0.1, -0.05) is 0 Å². The molecular weight excluding hydrogens is 192 g/mol. The van der Waals surface area contributed by atoms with E-state index in [1.165, 1.54) is 0 Å². The van der Waals surface area contributed by atoms with Gasteiger partial charge in [0.15, 0.2) is 0 Å². The summed E-state index contributed by atoms with van der Waals surface area (Å²) in [6.07, 6.45) is 0. The summed E-state index contributed by atoms with van der Waals surface area (Å²) in [7, 11) is -6.26. The first-order valence-electron chi connectivity index (χ1n) is 1.30. The number of hydrogen-bond donors (Lipinski definition) is 4. The quantitative estimate of drug-likeness (QED) is 0.294. The SMILES string of the molecule is O=[Si](O)O.O=[Si](O)O.[CaH2]. The van der Waals surface area contributed by atoms with Crippen LogP contribution < -0.4 is 0 Å². The van der Waals surface area contributed by atoms with E-state index in [-0.39, 0.29) is 37.7 Å². The van der Waals surface area contributed by atoms with Gasteiger partial charge in [-0.2, -0.15) is 0 Å². The third-order valence-electron chi connectivity index (χ3n) is 0. The van der Waals surface area contributed by atoms with Crippen molar-refractivity contribution >= 4 is 56.1 Å². The van der Waals surface area contributed by atoms with Crippen LogP contribution in [-0.4, -0.2) is 75.3 Å². The van der Waals surface area contributed by atoms with Gasteiger partial charge >= 0.3 is 56.1 Å². The van der Waals surface area contributed by atoms with Crippen molar-refractivity contribution in [2.75, 3.05) is 0 Å². The molecule has 0 spiro atoms. The van der Waals surface area contributed by atoms with Gasteiger partial charge in [0, 0.05) is 0 Å². The average molecular weight is 198 g/mol. The number of hydrogen-bond acceptors (Lipinski definition) is 2. The van der Waals surface area contributed by atoms with Crippen molar-refractivity contribution in [2.45, 2.75) is 0 Å². The van der Waals surface area contributed by atoms with E-state index in [0.29, 0.717) is 0 Å². The second kappa shape index (κ2) is 11.3. The van der Waals surface area contributed by atoms with Crippen molar-refractivity contribution in [3.63, 3.8) is 0 Å². The molecule has 0 heterocycles. The van der Waals surface area contributed by atoms with Gasteiger partial charge in [0.1, 0.15) is 0 Å². The van der Waals surface area contributed by atoms with Gasteiger partial charge in [0.2, 0.25) is 0 Å². The van der Waals surface area contributed by atoms with Crippen LogP contribution in [-0.2, 0) is 8.92 Å². The molecule has 0 aromatic carbocycles. The predicted molar refractivity (Wildman–Crippen MR) is 30.3 cm³/mol. The fourth-order valence-electron chi connectivity index (χ4n) is 0. The molecule has 0 fully saturated rings. The third kappa shape index (κ3) is 1470. The van der Waals surface area contributed by atoms with Gasteiger partial charge in [-0.15, -0.1) is 0 Å². The van der Waals surface area contributed by atoms with Crippen molar-refractivity contribution in [1.29, 1.82) is 0 Å². The van der Waals surface area contributed by atoms with Gasteiger partial charge in [0.05, 0.1) is 0 Å². The Hall–Kier alpha value is 0.494. The summed E-state index contributed by atoms with van der Waals surface area (Å²) in [6.45, 7) is 0. The molecule has 9 heteroatoms. The van der Waals surface area contributed by atoms with Crippen LogP contribution in [0.1, 0.15) is 0 Å². The fraction of sp³-hybridized carbons (Fsp3) is 0. The molecular formula is H6CaO6Si2. The first kappa shape index (κ1) is 16.2. The Bertz CT molecular complexity index is 69.1. The van der Waals surface area contributed by atoms with Crippen LogP contribution in [0.25, 0.3) is 0 Å². The van der Waals surface area contributed by atoms with Crippen molar-refractivity contribution in [3.8, 4) is 0 Å². The molecule has 0 radical (unpaired) electrons. The van der Waals surface area contributed by atoms with Crippen LogP contribution >= 0.6 is 0 Å². The molecule has 52 valence electrons. The fourth-order valence-corrected chi connectivity index (χ4v) is 0. The van der Waals surface area contributed by atoms with E-state index in [1.54, 1.807) is 0 Å². The topological polar surface area (TPSA) is 115 Å². The minimum atomic E-state index is -3.13. The summed E-state index contributed by atoms with van der Waals surface area (Å²) in [5, 5.41) is 0. The van der Waals surface area contributed by atoms with E-state index in [2.05, 4.69) is 0 Å². The monoisotopic (exact) mass is 198 g/mol. The maximum absolute atomic E-state index is 8.74. The standard InChI is InChI=1S/Ca.2H2O3Si.2H/c;2*1-4(2)3;;/h;2*1-2H;;. The van der Waals surface area contributed by atoms with Crippen LogP contribution in [0.4, 0.5) is 0 Å². The molecule has 0 aliphatic heterocycles. The van der Waals surface area contributed by atoms with Gasteiger partial charge in [-0.05, 0) is 0 Å². The molecule has 0 aromatic rings. The zero-order valence-corrected chi connectivity index (χ0v) is 5.61. The first-order valence-corrected chi connectivity index (χ1v) is 3.91. The molecule has 0 rings (SSSR count). The summed E-state index contributed by atoms with van der Waals surface area (Å²) in [4.78, 5) is 28.6. The van der Waals surface area contributed by atoms with Crippen molar-refractivity contribution in [1.82, 2.24) is 0 Å². The second-order valence-corrected chi connectivity index (χ2v) is 1.70. The summed E-state index contributed by atoms with van der Waals surface area (Å²) in [6, 6.07) is 0. The first-order chi connectivity index (χ1) is 3.46. The van der Waals surface area contributed by atoms with E-state index in [0.717, 1.165) is 0 Å². The van der Waals surface area contributed by atoms with Gasteiger partial charge in [-0.3, -0.25) is 8.92 Å². The zero-order chi connectivity index (χ0) is 7.15. The Morgan fingerprint density at radius 2 is 0.778 bits per heavy atom. The third-order valence-corrected chi connectivity index (χ3v) is 0. The Balaban J connectivity index is -0.0000000720. The van der Waals surface area contributed by atoms with Crippen LogP contribution in [0.3, 0.4) is 0 Å². The second-order valence-electron chi connectivity index (χ2n) is 0.565. The van der Waals surface area contributed by atoms with Gasteiger partial charge in [-0.25, -0.2) is 0 Å². The average Bonchev–Trinajstić information content (AvgIpc) is 1.25. The predicted octanol–water partition coefficient (Wildman–Crippen LogP) is -4.14. The summed E-state index contributed by atoms with van der Waals surface area (Å²) in [5.41, 5.74) is 0. The molecule has 0 bridgehead atoms. The molecule has 0 aliphatic rings. The Kier molecular flexibility index (Phi) is 20.4. The van der Waals surface area contributed by atoms with Crippen LogP contribution in [0.2, 0.25) is 0 Å². The van der Waals surface area contributed by atoms with E-state index in [9.17, 15) is 0 Å². The van der Waals surface area contributed by atoms with Crippen LogP contribution in [0.5, 0.6) is 0 Å². The van der Waals surface area contributed by atoms with E-state index < -0.39 is 18.3 Å². The molecule has 0 aromatic heterocycles. The Morgan fingerprint density at radius 3 is 0.778 bits per heavy atom. The van der Waals surface area contributed by atoms with Crippen molar-refractivity contribution < 1.29 is 28.1 Å². The molecule has 0 unspecified atom stereocenters. The van der Waals surface area contributed by atoms with E-state index in [1.807, 2.05) is 0 Å². The van der Waals surface area contributed by atoms with Gasteiger partial charge in [0.25, 0.3) is 0 Å². The van der Waals surface area contributed by atoms with E-state index >= 15 is 0 Å². The van der Waals surface area contributed by atoms with Crippen molar-refractivity contribution in [2.24, 2.45) is 0 Å². The molecule has 0 amide bonds.